The highest BCUT2D eigenvalue weighted by molar-refractivity contribution is 8.26. The van der Waals surface area contributed by atoms with Crippen LogP contribution in [0.5, 0.6) is 0 Å². The van der Waals surface area contributed by atoms with Crippen molar-refractivity contribution >= 4 is 63.6 Å². The van der Waals surface area contributed by atoms with Gasteiger partial charge in [0, 0.05) is 27.8 Å². The molecule has 1 aliphatic rings. The Bertz CT molecular complexity index is 1260. The second kappa shape index (κ2) is 9.12. The molecule has 0 spiro atoms. The van der Waals surface area contributed by atoms with Gasteiger partial charge in [-0.2, -0.15) is 5.01 Å². The maximum atomic E-state index is 12.8. The molecule has 3 aromatic rings. The van der Waals surface area contributed by atoms with Gasteiger partial charge in [-0.25, -0.2) is 0 Å². The average Bonchev–Trinajstić information content (AvgIpc) is 3.34. The standard InChI is InChI=1S/C23H15ClN2O4S2/c1-13(27)14-2-4-15(5-3-14)19-11-10-18(30-19)12-20-22(29)26(23(31)32-20)25-21(28)16-6-8-17(24)9-7-16/h2-12H,1H3,(H,25,28)/b20-12+. The molecule has 9 heteroatoms. The quantitative estimate of drug-likeness (QED) is 0.300. The number of hydrazine groups is 1. The molecule has 1 aromatic heterocycles. The number of Topliss-reactive ketones (excluding diaryl/α,β-unsaturated/α-hetero) is 1. The van der Waals surface area contributed by atoms with Crippen LogP contribution in [0.1, 0.15) is 33.4 Å². The molecule has 0 radical (unpaired) electrons. The Morgan fingerprint density at radius 1 is 1.03 bits per heavy atom. The number of carbonyl (C=O) groups is 3. The molecule has 0 aliphatic carbocycles. The zero-order valence-corrected chi connectivity index (χ0v) is 19.0. The van der Waals surface area contributed by atoms with E-state index in [-0.39, 0.29) is 10.1 Å². The molecule has 0 unspecified atom stereocenters. The third kappa shape index (κ3) is 4.67. The van der Waals surface area contributed by atoms with E-state index < -0.39 is 11.8 Å². The number of amides is 2. The number of thioether (sulfide) groups is 1. The van der Waals surface area contributed by atoms with E-state index in [9.17, 15) is 14.4 Å². The van der Waals surface area contributed by atoms with Gasteiger partial charge in [-0.15, -0.1) is 0 Å². The molecule has 32 heavy (non-hydrogen) atoms. The predicted octanol–water partition coefficient (Wildman–Crippen LogP) is 5.35. The van der Waals surface area contributed by atoms with Gasteiger partial charge in [-0.05, 0) is 55.5 Å². The first-order chi connectivity index (χ1) is 15.3. The van der Waals surface area contributed by atoms with E-state index in [1.165, 1.54) is 6.92 Å². The number of hydrogen-bond donors (Lipinski definition) is 1. The molecule has 2 aromatic carbocycles. The highest BCUT2D eigenvalue weighted by Gasteiger charge is 2.34. The van der Waals surface area contributed by atoms with Crippen LogP contribution < -0.4 is 5.43 Å². The van der Waals surface area contributed by atoms with Gasteiger partial charge in [-0.3, -0.25) is 19.8 Å². The molecule has 4 rings (SSSR count). The van der Waals surface area contributed by atoms with E-state index in [1.54, 1.807) is 66.7 Å². The molecule has 6 nitrogen and oxygen atoms in total. The normalized spacial score (nSPS) is 14.8. The van der Waals surface area contributed by atoms with E-state index in [2.05, 4.69) is 5.43 Å². The van der Waals surface area contributed by atoms with Gasteiger partial charge in [-0.1, -0.05) is 47.6 Å². The van der Waals surface area contributed by atoms with Crippen molar-refractivity contribution in [3.8, 4) is 11.3 Å². The molecule has 2 amide bonds. The van der Waals surface area contributed by atoms with Crippen LogP contribution in [0.2, 0.25) is 5.02 Å². The van der Waals surface area contributed by atoms with Crippen molar-refractivity contribution in [2.24, 2.45) is 0 Å². The molecule has 0 atom stereocenters. The minimum absolute atomic E-state index is 0.0122. The lowest BCUT2D eigenvalue weighted by atomic mass is 10.1. The molecule has 1 aliphatic heterocycles. The summed E-state index contributed by atoms with van der Waals surface area (Å²) in [6.45, 7) is 1.51. The number of nitrogens with zero attached hydrogens (tertiary/aromatic N) is 1. The third-order valence-electron chi connectivity index (χ3n) is 4.59. The van der Waals surface area contributed by atoms with E-state index in [1.807, 2.05) is 0 Å². The van der Waals surface area contributed by atoms with Crippen molar-refractivity contribution in [2.45, 2.75) is 6.92 Å². The van der Waals surface area contributed by atoms with E-state index >= 15 is 0 Å². The van der Waals surface area contributed by atoms with Gasteiger partial charge in [0.2, 0.25) is 0 Å². The number of thiocarbonyl (C=S) groups is 1. The van der Waals surface area contributed by atoms with Gasteiger partial charge < -0.3 is 4.42 Å². The Hall–Kier alpha value is -3.20. The fraction of sp³-hybridized carbons (Fsp3) is 0.0435. The Labute approximate surface area is 198 Å². The first-order valence-corrected chi connectivity index (χ1v) is 11.0. The summed E-state index contributed by atoms with van der Waals surface area (Å²) in [5.74, 6) is 0.111. The van der Waals surface area contributed by atoms with E-state index in [4.69, 9.17) is 28.2 Å². The Morgan fingerprint density at radius 2 is 1.69 bits per heavy atom. The van der Waals surface area contributed by atoms with Crippen LogP contribution >= 0.6 is 35.6 Å². The number of rotatable bonds is 5. The molecule has 0 bridgehead atoms. The smallest absolute Gasteiger partial charge is 0.285 e. The molecule has 0 saturated carbocycles. The summed E-state index contributed by atoms with van der Waals surface area (Å²) in [5, 5.41) is 1.54. The fourth-order valence-electron chi connectivity index (χ4n) is 2.92. The summed E-state index contributed by atoms with van der Waals surface area (Å²) < 4.78 is 6.03. The SMILES string of the molecule is CC(=O)c1ccc(-c2ccc(/C=C3/SC(=S)N(NC(=O)c4ccc(Cl)cc4)C3=O)o2)cc1. The predicted molar refractivity (Wildman–Crippen MR) is 128 cm³/mol. The third-order valence-corrected chi connectivity index (χ3v) is 6.14. The maximum Gasteiger partial charge on any atom is 0.285 e. The molecular weight excluding hydrogens is 468 g/mol. The molecule has 160 valence electrons. The summed E-state index contributed by atoms with van der Waals surface area (Å²) in [6.07, 6.45) is 1.57. The van der Waals surface area contributed by atoms with Crippen LogP contribution in [0.25, 0.3) is 17.4 Å². The molecule has 1 N–H and O–H groups in total. The summed E-state index contributed by atoms with van der Waals surface area (Å²) in [7, 11) is 0. The number of nitrogens with one attached hydrogen (secondary N) is 1. The summed E-state index contributed by atoms with van der Waals surface area (Å²) in [6, 6.07) is 16.8. The lowest BCUT2D eigenvalue weighted by Gasteiger charge is -2.15. The largest absolute Gasteiger partial charge is 0.457 e. The number of furan rings is 1. The van der Waals surface area contributed by atoms with Crippen LogP contribution in [0.15, 0.2) is 70.0 Å². The monoisotopic (exact) mass is 482 g/mol. The van der Waals surface area contributed by atoms with E-state index in [0.29, 0.717) is 32.6 Å². The minimum Gasteiger partial charge on any atom is -0.457 e. The number of halogens is 1. The van der Waals surface area contributed by atoms with E-state index in [0.717, 1.165) is 22.3 Å². The van der Waals surface area contributed by atoms with Gasteiger partial charge in [0.05, 0.1) is 4.91 Å². The second-order valence-corrected chi connectivity index (χ2v) is 8.91. The van der Waals surface area contributed by atoms with Gasteiger partial charge in [0.15, 0.2) is 10.1 Å². The molecule has 2 heterocycles. The van der Waals surface area contributed by atoms with Crippen LogP contribution in [0.4, 0.5) is 0 Å². The molecular formula is C23H15ClN2O4S2. The summed E-state index contributed by atoms with van der Waals surface area (Å²) in [4.78, 5) is 36.9. The first kappa shape index (κ1) is 22.0. The van der Waals surface area contributed by atoms with Crippen molar-refractivity contribution in [1.82, 2.24) is 10.4 Å². The minimum atomic E-state index is -0.478. The van der Waals surface area contributed by atoms with Crippen molar-refractivity contribution < 1.29 is 18.8 Å². The maximum absolute atomic E-state index is 12.8. The summed E-state index contributed by atoms with van der Waals surface area (Å²) >= 11 is 12.1. The lowest BCUT2D eigenvalue weighted by molar-refractivity contribution is -0.123. The number of hydrogen-bond acceptors (Lipinski definition) is 6. The zero-order valence-electron chi connectivity index (χ0n) is 16.6. The zero-order chi connectivity index (χ0) is 22.8. The van der Waals surface area contributed by atoms with Gasteiger partial charge >= 0.3 is 0 Å². The first-order valence-electron chi connectivity index (χ1n) is 9.37. The Balaban J connectivity index is 1.48. The Morgan fingerprint density at radius 3 is 2.34 bits per heavy atom. The fourth-order valence-corrected chi connectivity index (χ4v) is 4.20. The van der Waals surface area contributed by atoms with Crippen LogP contribution in [-0.4, -0.2) is 26.9 Å². The van der Waals surface area contributed by atoms with Crippen LogP contribution in [-0.2, 0) is 4.79 Å². The molecule has 1 fully saturated rings. The second-order valence-electron chi connectivity index (χ2n) is 6.80. The van der Waals surface area contributed by atoms with Crippen molar-refractivity contribution in [3.05, 3.63) is 87.5 Å². The van der Waals surface area contributed by atoms with Crippen LogP contribution in [0, 0.1) is 0 Å². The Kier molecular flexibility index (Phi) is 6.27. The van der Waals surface area contributed by atoms with Crippen LogP contribution in [0.3, 0.4) is 0 Å². The van der Waals surface area contributed by atoms with Crippen molar-refractivity contribution in [2.75, 3.05) is 0 Å². The highest BCUT2D eigenvalue weighted by Crippen LogP contribution is 2.33. The number of carbonyl (C=O) groups excluding carboxylic acids is 3. The lowest BCUT2D eigenvalue weighted by Crippen LogP contribution is -2.44. The average molecular weight is 483 g/mol. The molecule has 1 saturated heterocycles. The van der Waals surface area contributed by atoms with Crippen molar-refractivity contribution in [1.29, 1.82) is 0 Å². The highest BCUT2D eigenvalue weighted by atomic mass is 35.5. The topological polar surface area (TPSA) is 79.6 Å². The summed E-state index contributed by atoms with van der Waals surface area (Å²) in [5.41, 5.74) is 4.28. The van der Waals surface area contributed by atoms with Crippen molar-refractivity contribution in [3.63, 3.8) is 0 Å². The number of benzene rings is 2. The number of ketones is 1. The van der Waals surface area contributed by atoms with Gasteiger partial charge in [0.25, 0.3) is 11.8 Å². The van der Waals surface area contributed by atoms with Gasteiger partial charge in [0.1, 0.15) is 11.5 Å².